The average molecular weight is 366 g/mol. The van der Waals surface area contributed by atoms with E-state index >= 15 is 0 Å². The van der Waals surface area contributed by atoms with Gasteiger partial charge in [0.1, 0.15) is 0 Å². The minimum absolute atomic E-state index is 0.223. The number of aromatic nitrogens is 2. The third-order valence-electron chi connectivity index (χ3n) is 5.93. The van der Waals surface area contributed by atoms with Crippen LogP contribution in [0.5, 0.6) is 0 Å². The normalized spacial score (nSPS) is 23.8. The maximum Gasteiger partial charge on any atom is 0.227 e. The van der Waals surface area contributed by atoms with E-state index in [1.54, 1.807) is 0 Å². The highest BCUT2D eigenvalue weighted by Crippen LogP contribution is 2.29. The molecule has 1 aromatic heterocycles. The van der Waals surface area contributed by atoms with Gasteiger partial charge in [-0.2, -0.15) is 4.98 Å². The quantitative estimate of drug-likeness (QED) is 0.874. The van der Waals surface area contributed by atoms with E-state index < -0.39 is 5.82 Å². The van der Waals surface area contributed by atoms with Crippen LogP contribution < -0.4 is 15.5 Å². The van der Waals surface area contributed by atoms with Gasteiger partial charge in [-0.3, -0.25) is 4.99 Å². The summed E-state index contributed by atoms with van der Waals surface area (Å²) in [6.45, 7) is 4.77. The second-order valence-corrected chi connectivity index (χ2v) is 7.62. The van der Waals surface area contributed by atoms with Crippen LogP contribution in [0, 0.1) is 17.7 Å². The summed E-state index contributed by atoms with van der Waals surface area (Å²) in [6.07, 6.45) is 5.38. The van der Waals surface area contributed by atoms with Crippen molar-refractivity contribution in [2.75, 3.05) is 36.4 Å². The van der Waals surface area contributed by atoms with Gasteiger partial charge in [0, 0.05) is 25.0 Å². The molecule has 2 fully saturated rings. The first-order valence-electron chi connectivity index (χ1n) is 9.64. The van der Waals surface area contributed by atoms with Crippen LogP contribution in [0.1, 0.15) is 24.0 Å². The molecule has 140 valence electrons. The monoisotopic (exact) mass is 366 g/mol. The van der Waals surface area contributed by atoms with E-state index in [1.807, 2.05) is 24.4 Å². The lowest BCUT2D eigenvalue weighted by molar-refractivity contribution is 0.409. The fourth-order valence-electron chi connectivity index (χ4n) is 4.33. The fourth-order valence-corrected chi connectivity index (χ4v) is 4.33. The van der Waals surface area contributed by atoms with Crippen molar-refractivity contribution in [1.29, 1.82) is 0 Å². The Bertz CT molecular complexity index is 869. The standard InChI is InChI=1S/C20H23FN6/c21-18-12-24-20(27-5-3-14-9-22-10-15(14)4-6-27)26-19(18)25-17-2-1-13-8-23-11-16(13)7-17/h1-2,7,11-12,14-15,22H,3-6,8-10H2,(H,24,25,26). The maximum atomic E-state index is 14.3. The number of anilines is 3. The molecule has 0 saturated carbocycles. The molecular formula is C20H23FN6. The average Bonchev–Trinajstić information content (AvgIpc) is 3.28. The molecule has 2 unspecified atom stereocenters. The Morgan fingerprint density at radius 3 is 2.78 bits per heavy atom. The summed E-state index contributed by atoms with van der Waals surface area (Å²) in [5, 5.41) is 6.60. The van der Waals surface area contributed by atoms with Crippen molar-refractivity contribution in [2.24, 2.45) is 16.8 Å². The first-order chi connectivity index (χ1) is 13.3. The van der Waals surface area contributed by atoms with E-state index in [0.29, 0.717) is 12.5 Å². The molecular weight excluding hydrogens is 343 g/mol. The molecule has 2 aromatic rings. The molecule has 2 atom stereocenters. The highest BCUT2D eigenvalue weighted by molar-refractivity contribution is 5.86. The Hall–Kier alpha value is -2.54. The van der Waals surface area contributed by atoms with Crippen LogP contribution in [0.15, 0.2) is 29.4 Å². The van der Waals surface area contributed by atoms with E-state index in [4.69, 9.17) is 0 Å². The van der Waals surface area contributed by atoms with Gasteiger partial charge in [-0.05, 0) is 61.0 Å². The summed E-state index contributed by atoms with van der Waals surface area (Å²) >= 11 is 0. The van der Waals surface area contributed by atoms with Crippen LogP contribution in [-0.2, 0) is 6.54 Å². The molecule has 0 radical (unpaired) electrons. The number of halogens is 1. The second kappa shape index (κ2) is 6.88. The van der Waals surface area contributed by atoms with Crippen molar-refractivity contribution < 1.29 is 4.39 Å². The van der Waals surface area contributed by atoms with Crippen LogP contribution in [0.25, 0.3) is 0 Å². The van der Waals surface area contributed by atoms with Crippen molar-refractivity contribution in [3.63, 3.8) is 0 Å². The zero-order valence-electron chi connectivity index (χ0n) is 15.2. The lowest BCUT2D eigenvalue weighted by atomic mass is 9.92. The molecule has 0 spiro atoms. The highest BCUT2D eigenvalue weighted by Gasteiger charge is 2.31. The number of aliphatic imine (C=N–C) groups is 1. The van der Waals surface area contributed by atoms with Gasteiger partial charge in [-0.1, -0.05) is 6.07 Å². The molecule has 2 saturated heterocycles. The number of fused-ring (bicyclic) bond motifs is 2. The molecule has 0 bridgehead atoms. The number of nitrogens with zero attached hydrogens (tertiary/aromatic N) is 4. The number of nitrogens with one attached hydrogen (secondary N) is 2. The van der Waals surface area contributed by atoms with E-state index in [-0.39, 0.29) is 5.82 Å². The van der Waals surface area contributed by atoms with Gasteiger partial charge in [0.15, 0.2) is 11.6 Å². The Balaban J connectivity index is 1.36. The Kier molecular flexibility index (Phi) is 4.24. The van der Waals surface area contributed by atoms with Gasteiger partial charge in [0.2, 0.25) is 5.95 Å². The van der Waals surface area contributed by atoms with Crippen molar-refractivity contribution in [1.82, 2.24) is 15.3 Å². The third kappa shape index (κ3) is 3.27. The summed E-state index contributed by atoms with van der Waals surface area (Å²) in [5.74, 6) is 1.86. The molecule has 3 aliphatic rings. The molecule has 7 heteroatoms. The molecule has 0 aliphatic carbocycles. The van der Waals surface area contributed by atoms with Gasteiger partial charge in [-0.25, -0.2) is 9.37 Å². The smallest absolute Gasteiger partial charge is 0.227 e. The second-order valence-electron chi connectivity index (χ2n) is 7.62. The van der Waals surface area contributed by atoms with Crippen LogP contribution in [-0.4, -0.2) is 42.4 Å². The van der Waals surface area contributed by atoms with Crippen LogP contribution >= 0.6 is 0 Å². The van der Waals surface area contributed by atoms with E-state index in [1.165, 1.54) is 11.8 Å². The summed E-state index contributed by atoms with van der Waals surface area (Å²) < 4.78 is 14.3. The highest BCUT2D eigenvalue weighted by atomic mass is 19.1. The molecule has 3 aliphatic heterocycles. The van der Waals surface area contributed by atoms with Gasteiger partial charge in [-0.15, -0.1) is 0 Å². The summed E-state index contributed by atoms with van der Waals surface area (Å²) in [5.41, 5.74) is 3.07. The zero-order chi connectivity index (χ0) is 18.2. The predicted molar refractivity (Wildman–Crippen MR) is 104 cm³/mol. The van der Waals surface area contributed by atoms with Gasteiger partial charge in [0.05, 0.1) is 12.7 Å². The molecule has 5 rings (SSSR count). The maximum absolute atomic E-state index is 14.3. The van der Waals surface area contributed by atoms with Gasteiger partial charge >= 0.3 is 0 Å². The SMILES string of the molecule is Fc1cnc(N2CCC3CNCC3CC2)nc1Nc1ccc2c(c1)C=NC2. The van der Waals surface area contributed by atoms with E-state index in [0.717, 1.165) is 62.1 Å². The van der Waals surface area contributed by atoms with E-state index in [9.17, 15) is 4.39 Å². The summed E-state index contributed by atoms with van der Waals surface area (Å²) in [4.78, 5) is 15.2. The van der Waals surface area contributed by atoms with Crippen molar-refractivity contribution in [3.05, 3.63) is 41.3 Å². The molecule has 2 N–H and O–H groups in total. The molecule has 4 heterocycles. The first-order valence-corrected chi connectivity index (χ1v) is 9.64. The zero-order valence-corrected chi connectivity index (χ0v) is 15.2. The summed E-state index contributed by atoms with van der Waals surface area (Å²) in [7, 11) is 0. The number of hydrogen-bond acceptors (Lipinski definition) is 6. The van der Waals surface area contributed by atoms with Crippen molar-refractivity contribution in [2.45, 2.75) is 19.4 Å². The Morgan fingerprint density at radius 2 is 1.96 bits per heavy atom. The Morgan fingerprint density at radius 1 is 1.15 bits per heavy atom. The number of rotatable bonds is 3. The predicted octanol–water partition coefficient (Wildman–Crippen LogP) is 2.73. The lowest BCUT2D eigenvalue weighted by Gasteiger charge is -2.21. The number of hydrogen-bond donors (Lipinski definition) is 2. The molecule has 1 aromatic carbocycles. The van der Waals surface area contributed by atoms with Crippen LogP contribution in [0.2, 0.25) is 0 Å². The van der Waals surface area contributed by atoms with Gasteiger partial charge < -0.3 is 15.5 Å². The topological polar surface area (TPSA) is 65.4 Å². The molecule has 0 amide bonds. The summed E-state index contributed by atoms with van der Waals surface area (Å²) in [6, 6.07) is 5.94. The fraction of sp³-hybridized carbons (Fsp3) is 0.450. The number of benzene rings is 1. The third-order valence-corrected chi connectivity index (χ3v) is 5.93. The van der Waals surface area contributed by atoms with Gasteiger partial charge in [0.25, 0.3) is 0 Å². The molecule has 27 heavy (non-hydrogen) atoms. The van der Waals surface area contributed by atoms with Crippen molar-refractivity contribution >= 4 is 23.7 Å². The van der Waals surface area contributed by atoms with Crippen molar-refractivity contribution in [3.8, 4) is 0 Å². The lowest BCUT2D eigenvalue weighted by Crippen LogP contribution is -2.27. The Labute approximate surface area is 157 Å². The molecule has 6 nitrogen and oxygen atoms in total. The minimum Gasteiger partial charge on any atom is -0.341 e. The van der Waals surface area contributed by atoms with Crippen LogP contribution in [0.4, 0.5) is 21.8 Å². The van der Waals surface area contributed by atoms with E-state index in [2.05, 4.69) is 30.5 Å². The largest absolute Gasteiger partial charge is 0.341 e. The first kappa shape index (κ1) is 16.6. The van der Waals surface area contributed by atoms with Crippen LogP contribution in [0.3, 0.4) is 0 Å². The minimum atomic E-state index is -0.441.